The Morgan fingerprint density at radius 1 is 1.24 bits per heavy atom. The summed E-state index contributed by atoms with van der Waals surface area (Å²) >= 11 is 5.93. The van der Waals surface area contributed by atoms with Gasteiger partial charge in [-0.3, -0.25) is 9.78 Å². The molecule has 2 nitrogen and oxygen atoms in total. The number of rotatable bonds is 3. The first-order valence-corrected chi connectivity index (χ1v) is 5.73. The molecular formula is C14H12ClNO. The molecule has 0 amide bonds. The van der Waals surface area contributed by atoms with Crippen molar-refractivity contribution in [2.24, 2.45) is 0 Å². The number of pyridine rings is 1. The zero-order chi connectivity index (χ0) is 12.3. The number of aryl methyl sites for hydroxylation is 1. The second-order valence-electron chi connectivity index (χ2n) is 3.92. The third kappa shape index (κ3) is 2.92. The molecule has 1 aromatic carbocycles. The highest BCUT2D eigenvalue weighted by atomic mass is 35.5. The highest BCUT2D eigenvalue weighted by molar-refractivity contribution is 6.31. The van der Waals surface area contributed by atoms with Gasteiger partial charge in [0.05, 0.1) is 0 Å². The summed E-state index contributed by atoms with van der Waals surface area (Å²) in [6.45, 7) is 1.89. The lowest BCUT2D eigenvalue weighted by molar-refractivity contribution is 0.0993. The van der Waals surface area contributed by atoms with Crippen LogP contribution in [0.15, 0.2) is 42.7 Å². The average Bonchev–Trinajstić information content (AvgIpc) is 2.34. The van der Waals surface area contributed by atoms with Crippen LogP contribution in [0.1, 0.15) is 21.5 Å². The van der Waals surface area contributed by atoms with Crippen LogP contribution < -0.4 is 0 Å². The molecule has 17 heavy (non-hydrogen) atoms. The molecule has 0 saturated carbocycles. The number of halogens is 1. The number of Topliss-reactive ketones (excluding diaryl/α,β-unsaturated/α-hetero) is 1. The molecule has 1 heterocycles. The van der Waals surface area contributed by atoms with Crippen LogP contribution in [0.3, 0.4) is 0 Å². The van der Waals surface area contributed by atoms with E-state index in [2.05, 4.69) is 4.98 Å². The lowest BCUT2D eigenvalue weighted by Gasteiger charge is -2.03. The first-order chi connectivity index (χ1) is 8.16. The molecule has 0 bridgehead atoms. The Morgan fingerprint density at radius 2 is 1.94 bits per heavy atom. The number of nitrogens with zero attached hydrogens (tertiary/aromatic N) is 1. The summed E-state index contributed by atoms with van der Waals surface area (Å²) < 4.78 is 0. The number of benzene rings is 1. The van der Waals surface area contributed by atoms with Crippen LogP contribution in [0.25, 0.3) is 0 Å². The van der Waals surface area contributed by atoms with Gasteiger partial charge in [-0.15, -0.1) is 0 Å². The van der Waals surface area contributed by atoms with Crippen molar-refractivity contribution < 1.29 is 4.79 Å². The predicted octanol–water partition coefficient (Wildman–Crippen LogP) is 3.47. The Balaban J connectivity index is 2.18. The predicted molar refractivity (Wildman–Crippen MR) is 68.5 cm³/mol. The van der Waals surface area contributed by atoms with E-state index < -0.39 is 0 Å². The zero-order valence-electron chi connectivity index (χ0n) is 9.48. The van der Waals surface area contributed by atoms with Crippen molar-refractivity contribution in [3.8, 4) is 0 Å². The lowest BCUT2D eigenvalue weighted by atomic mass is 10.0. The molecule has 0 N–H and O–H groups in total. The van der Waals surface area contributed by atoms with Gasteiger partial charge in [-0.2, -0.15) is 0 Å². The number of hydrogen-bond donors (Lipinski definition) is 0. The fraction of sp³-hybridized carbons (Fsp3) is 0.143. The number of hydrogen-bond acceptors (Lipinski definition) is 2. The summed E-state index contributed by atoms with van der Waals surface area (Å²) in [5, 5.41) is 0.686. The van der Waals surface area contributed by atoms with Gasteiger partial charge in [-0.1, -0.05) is 11.6 Å². The van der Waals surface area contributed by atoms with Crippen molar-refractivity contribution >= 4 is 17.4 Å². The quantitative estimate of drug-likeness (QED) is 0.775. The van der Waals surface area contributed by atoms with E-state index in [1.165, 1.54) is 0 Å². The minimum absolute atomic E-state index is 0.0935. The minimum Gasteiger partial charge on any atom is -0.294 e. The minimum atomic E-state index is 0.0935. The van der Waals surface area contributed by atoms with Crippen LogP contribution in [-0.4, -0.2) is 10.8 Å². The van der Waals surface area contributed by atoms with Crippen LogP contribution in [0.4, 0.5) is 0 Å². The number of ketones is 1. The summed E-state index contributed by atoms with van der Waals surface area (Å²) in [5.74, 6) is 0.0935. The summed E-state index contributed by atoms with van der Waals surface area (Å²) in [7, 11) is 0. The molecule has 0 radical (unpaired) electrons. The number of aromatic nitrogens is 1. The summed E-state index contributed by atoms with van der Waals surface area (Å²) in [6, 6.07) is 9.04. The molecule has 2 rings (SSSR count). The van der Waals surface area contributed by atoms with Gasteiger partial charge in [0.1, 0.15) is 0 Å². The van der Waals surface area contributed by atoms with Crippen molar-refractivity contribution in [2.45, 2.75) is 13.3 Å². The third-order valence-electron chi connectivity index (χ3n) is 2.59. The fourth-order valence-corrected chi connectivity index (χ4v) is 1.72. The van der Waals surface area contributed by atoms with Crippen LogP contribution in [0.2, 0.25) is 5.02 Å². The van der Waals surface area contributed by atoms with Gasteiger partial charge in [0.15, 0.2) is 5.78 Å². The van der Waals surface area contributed by atoms with E-state index in [1.54, 1.807) is 24.5 Å². The number of carbonyl (C=O) groups excluding carboxylic acids is 1. The monoisotopic (exact) mass is 245 g/mol. The van der Waals surface area contributed by atoms with E-state index in [1.807, 2.05) is 25.1 Å². The van der Waals surface area contributed by atoms with Crippen LogP contribution in [-0.2, 0) is 6.42 Å². The van der Waals surface area contributed by atoms with E-state index in [-0.39, 0.29) is 5.78 Å². The SMILES string of the molecule is Cc1cc(C(=O)Cc2ccncc2)ccc1Cl. The molecule has 0 unspecified atom stereocenters. The van der Waals surface area contributed by atoms with Crippen molar-refractivity contribution in [2.75, 3.05) is 0 Å². The Hall–Kier alpha value is -1.67. The molecule has 0 atom stereocenters. The van der Waals surface area contributed by atoms with E-state index in [4.69, 9.17) is 11.6 Å². The van der Waals surface area contributed by atoms with Crippen molar-refractivity contribution in [3.63, 3.8) is 0 Å². The van der Waals surface area contributed by atoms with Crippen LogP contribution in [0.5, 0.6) is 0 Å². The third-order valence-corrected chi connectivity index (χ3v) is 3.02. The summed E-state index contributed by atoms with van der Waals surface area (Å²) in [4.78, 5) is 15.9. The normalized spacial score (nSPS) is 10.2. The smallest absolute Gasteiger partial charge is 0.167 e. The maximum Gasteiger partial charge on any atom is 0.167 e. The molecular weight excluding hydrogens is 234 g/mol. The Kier molecular flexibility index (Phi) is 3.55. The zero-order valence-corrected chi connectivity index (χ0v) is 10.2. The van der Waals surface area contributed by atoms with E-state index in [0.29, 0.717) is 17.0 Å². The van der Waals surface area contributed by atoms with E-state index in [9.17, 15) is 4.79 Å². The maximum atomic E-state index is 12.0. The molecule has 1 aromatic heterocycles. The second-order valence-corrected chi connectivity index (χ2v) is 4.33. The molecule has 0 aliphatic carbocycles. The molecule has 0 spiro atoms. The van der Waals surface area contributed by atoms with Gasteiger partial charge in [0.2, 0.25) is 0 Å². The standard InChI is InChI=1S/C14H12ClNO/c1-10-8-12(2-3-13(10)15)14(17)9-11-4-6-16-7-5-11/h2-8H,9H2,1H3. The molecule has 0 aliphatic heterocycles. The van der Waals surface area contributed by atoms with Crippen LogP contribution in [0, 0.1) is 6.92 Å². The molecule has 0 fully saturated rings. The fourth-order valence-electron chi connectivity index (χ4n) is 1.61. The first kappa shape index (κ1) is 11.8. The van der Waals surface area contributed by atoms with Gasteiger partial charge < -0.3 is 0 Å². The topological polar surface area (TPSA) is 30.0 Å². The average molecular weight is 246 g/mol. The maximum absolute atomic E-state index is 12.0. The lowest BCUT2D eigenvalue weighted by Crippen LogP contribution is -2.03. The molecule has 3 heteroatoms. The highest BCUT2D eigenvalue weighted by Crippen LogP contribution is 2.17. The molecule has 2 aromatic rings. The van der Waals surface area contributed by atoms with Crippen molar-refractivity contribution in [1.29, 1.82) is 0 Å². The Labute approximate surface area is 105 Å². The Bertz CT molecular complexity index is 537. The molecule has 0 aliphatic rings. The molecule has 86 valence electrons. The van der Waals surface area contributed by atoms with Gasteiger partial charge in [-0.25, -0.2) is 0 Å². The van der Waals surface area contributed by atoms with Crippen LogP contribution >= 0.6 is 11.6 Å². The van der Waals surface area contributed by atoms with Gasteiger partial charge in [0.25, 0.3) is 0 Å². The molecule has 0 saturated heterocycles. The van der Waals surface area contributed by atoms with Gasteiger partial charge >= 0.3 is 0 Å². The highest BCUT2D eigenvalue weighted by Gasteiger charge is 2.08. The largest absolute Gasteiger partial charge is 0.294 e. The summed E-state index contributed by atoms with van der Waals surface area (Å²) in [5.41, 5.74) is 2.59. The van der Waals surface area contributed by atoms with Gasteiger partial charge in [0, 0.05) is 29.4 Å². The van der Waals surface area contributed by atoms with E-state index >= 15 is 0 Å². The van der Waals surface area contributed by atoms with E-state index in [0.717, 1.165) is 11.1 Å². The summed E-state index contributed by atoms with van der Waals surface area (Å²) in [6.07, 6.45) is 3.77. The van der Waals surface area contributed by atoms with Gasteiger partial charge in [-0.05, 0) is 48.4 Å². The Morgan fingerprint density at radius 3 is 2.59 bits per heavy atom. The first-order valence-electron chi connectivity index (χ1n) is 5.35. The second kappa shape index (κ2) is 5.11. The van der Waals surface area contributed by atoms with Crippen molar-refractivity contribution in [1.82, 2.24) is 4.98 Å². The van der Waals surface area contributed by atoms with Crippen molar-refractivity contribution in [3.05, 3.63) is 64.4 Å². The number of carbonyl (C=O) groups is 1.